The molecule has 1 saturated heterocycles. The topological polar surface area (TPSA) is 84.3 Å². The van der Waals surface area contributed by atoms with Gasteiger partial charge in [-0.15, -0.1) is 0 Å². The minimum Gasteiger partial charge on any atom is -0.476 e. The number of carboxylic acid groups (broad SMARTS) is 1. The zero-order valence-electron chi connectivity index (χ0n) is 17.6. The van der Waals surface area contributed by atoms with Gasteiger partial charge in [0.15, 0.2) is 5.69 Å². The van der Waals surface area contributed by atoms with E-state index in [1.54, 1.807) is 12.1 Å². The van der Waals surface area contributed by atoms with Crippen molar-refractivity contribution in [1.82, 2.24) is 9.97 Å². The number of carbonyl (C=O) groups is 1. The first kappa shape index (κ1) is 20.3. The number of hydrogen-bond acceptors (Lipinski definition) is 5. The molecule has 1 aliphatic heterocycles. The summed E-state index contributed by atoms with van der Waals surface area (Å²) in [5.74, 6) is -0.679. The molecule has 30 heavy (non-hydrogen) atoms. The number of aryl methyl sites for hydroxylation is 2. The molecule has 0 bridgehead atoms. The largest absolute Gasteiger partial charge is 0.476 e. The fraction of sp³-hybridized carbons (Fsp3) is 0.375. The Kier molecular flexibility index (Phi) is 5.68. The molecular formula is C24H27N3O3. The molecule has 0 amide bonds. The standard InChI is InChI=1S/C24H27N3O3/c1-14-10-19(16(3)26-21-7-4-8-25-23(21)24(28)29)20-12-18(15(2)27-22(20)11-14)17-6-5-9-30-13-17/h4,7-8,10-12,16-17,26H,5-6,9,13H2,1-3H3,(H,28,29). The fourth-order valence-corrected chi connectivity index (χ4v) is 4.32. The molecule has 0 saturated carbocycles. The number of ether oxygens (including phenoxy) is 1. The molecule has 1 fully saturated rings. The van der Waals surface area contributed by atoms with Crippen molar-refractivity contribution in [3.8, 4) is 0 Å². The van der Waals surface area contributed by atoms with Crippen molar-refractivity contribution < 1.29 is 14.6 Å². The highest BCUT2D eigenvalue weighted by molar-refractivity contribution is 5.92. The third kappa shape index (κ3) is 4.00. The van der Waals surface area contributed by atoms with Crippen LogP contribution in [0.2, 0.25) is 0 Å². The van der Waals surface area contributed by atoms with Crippen LogP contribution in [0.3, 0.4) is 0 Å². The van der Waals surface area contributed by atoms with Gasteiger partial charge in [-0.25, -0.2) is 9.78 Å². The molecule has 4 rings (SSSR count). The number of rotatable bonds is 5. The summed E-state index contributed by atoms with van der Waals surface area (Å²) in [5.41, 5.74) is 6.00. The summed E-state index contributed by atoms with van der Waals surface area (Å²) in [6.45, 7) is 7.74. The van der Waals surface area contributed by atoms with Gasteiger partial charge in [0.2, 0.25) is 0 Å². The highest BCUT2D eigenvalue weighted by atomic mass is 16.5. The van der Waals surface area contributed by atoms with Crippen LogP contribution in [0.1, 0.15) is 64.6 Å². The zero-order chi connectivity index (χ0) is 21.3. The smallest absolute Gasteiger partial charge is 0.356 e. The number of aromatic nitrogens is 2. The van der Waals surface area contributed by atoms with E-state index in [4.69, 9.17) is 9.72 Å². The van der Waals surface area contributed by atoms with Gasteiger partial charge in [0.05, 0.1) is 17.8 Å². The van der Waals surface area contributed by atoms with E-state index in [0.29, 0.717) is 11.6 Å². The summed E-state index contributed by atoms with van der Waals surface area (Å²) in [5, 5.41) is 13.9. The highest BCUT2D eigenvalue weighted by Crippen LogP contribution is 2.34. The van der Waals surface area contributed by atoms with E-state index in [9.17, 15) is 9.90 Å². The molecule has 3 aromatic rings. The molecule has 1 aromatic carbocycles. The molecule has 6 nitrogen and oxygen atoms in total. The number of nitrogens with one attached hydrogen (secondary N) is 1. The number of hydrogen-bond donors (Lipinski definition) is 2. The second kappa shape index (κ2) is 8.40. The maximum atomic E-state index is 11.5. The van der Waals surface area contributed by atoms with Gasteiger partial charge in [0.25, 0.3) is 0 Å². The van der Waals surface area contributed by atoms with Crippen LogP contribution in [-0.4, -0.2) is 34.3 Å². The molecule has 2 unspecified atom stereocenters. The number of pyridine rings is 2. The van der Waals surface area contributed by atoms with Crippen LogP contribution in [-0.2, 0) is 4.74 Å². The summed E-state index contributed by atoms with van der Waals surface area (Å²) in [6, 6.07) is 9.88. The second-order valence-electron chi connectivity index (χ2n) is 8.07. The third-order valence-corrected chi connectivity index (χ3v) is 5.79. The lowest BCUT2D eigenvalue weighted by atomic mass is 9.89. The Balaban J connectivity index is 1.76. The van der Waals surface area contributed by atoms with E-state index in [-0.39, 0.29) is 11.7 Å². The lowest BCUT2D eigenvalue weighted by Gasteiger charge is -2.25. The number of carboxylic acids is 1. The van der Waals surface area contributed by atoms with E-state index in [1.807, 2.05) is 6.92 Å². The first-order valence-electron chi connectivity index (χ1n) is 10.4. The summed E-state index contributed by atoms with van der Waals surface area (Å²) in [6.07, 6.45) is 3.67. The van der Waals surface area contributed by atoms with Crippen LogP contribution in [0, 0.1) is 13.8 Å². The van der Waals surface area contributed by atoms with Gasteiger partial charge in [-0.05, 0) is 74.6 Å². The number of benzene rings is 1. The van der Waals surface area contributed by atoms with Gasteiger partial charge in [0, 0.05) is 35.8 Å². The molecule has 0 spiro atoms. The molecule has 1 aliphatic rings. The van der Waals surface area contributed by atoms with Crippen LogP contribution >= 0.6 is 0 Å². The van der Waals surface area contributed by atoms with Crippen molar-refractivity contribution in [1.29, 1.82) is 0 Å². The Labute approximate surface area is 176 Å². The Morgan fingerprint density at radius 3 is 2.87 bits per heavy atom. The van der Waals surface area contributed by atoms with Gasteiger partial charge in [0.1, 0.15) is 0 Å². The van der Waals surface area contributed by atoms with Gasteiger partial charge >= 0.3 is 5.97 Å². The lowest BCUT2D eigenvalue weighted by Crippen LogP contribution is -2.17. The quantitative estimate of drug-likeness (QED) is 0.621. The Morgan fingerprint density at radius 2 is 2.13 bits per heavy atom. The SMILES string of the molecule is Cc1cc(C(C)Nc2cccnc2C(=O)O)c2cc(C3CCCOC3)c(C)nc2c1. The van der Waals surface area contributed by atoms with Crippen molar-refractivity contribution in [2.24, 2.45) is 0 Å². The van der Waals surface area contributed by atoms with Crippen molar-refractivity contribution in [2.75, 3.05) is 18.5 Å². The van der Waals surface area contributed by atoms with E-state index in [0.717, 1.165) is 53.8 Å². The molecule has 0 radical (unpaired) electrons. The van der Waals surface area contributed by atoms with Crippen LogP contribution in [0.5, 0.6) is 0 Å². The minimum atomic E-state index is -1.05. The average Bonchev–Trinajstić information content (AvgIpc) is 2.73. The summed E-state index contributed by atoms with van der Waals surface area (Å²) in [7, 11) is 0. The molecular weight excluding hydrogens is 378 g/mol. The van der Waals surface area contributed by atoms with Crippen LogP contribution < -0.4 is 5.32 Å². The molecule has 3 heterocycles. The number of nitrogens with zero attached hydrogens (tertiary/aromatic N) is 2. The second-order valence-corrected chi connectivity index (χ2v) is 8.07. The fourth-order valence-electron chi connectivity index (χ4n) is 4.32. The molecule has 2 atom stereocenters. The maximum absolute atomic E-state index is 11.5. The Hall–Kier alpha value is -2.99. The van der Waals surface area contributed by atoms with E-state index >= 15 is 0 Å². The highest BCUT2D eigenvalue weighted by Gasteiger charge is 2.21. The minimum absolute atomic E-state index is 0.0234. The van der Waals surface area contributed by atoms with Gasteiger partial charge in [-0.2, -0.15) is 0 Å². The molecule has 2 N–H and O–H groups in total. The zero-order valence-corrected chi connectivity index (χ0v) is 17.6. The predicted molar refractivity (Wildman–Crippen MR) is 117 cm³/mol. The van der Waals surface area contributed by atoms with Gasteiger partial charge in [-0.1, -0.05) is 6.07 Å². The van der Waals surface area contributed by atoms with Crippen molar-refractivity contribution in [2.45, 2.75) is 45.6 Å². The van der Waals surface area contributed by atoms with Crippen LogP contribution in [0.4, 0.5) is 5.69 Å². The average molecular weight is 405 g/mol. The predicted octanol–water partition coefficient (Wildman–Crippen LogP) is 5.01. The monoisotopic (exact) mass is 405 g/mol. The van der Waals surface area contributed by atoms with Crippen LogP contribution in [0.15, 0.2) is 36.5 Å². The maximum Gasteiger partial charge on any atom is 0.356 e. The number of anilines is 1. The first-order chi connectivity index (χ1) is 14.4. The third-order valence-electron chi connectivity index (χ3n) is 5.79. The Bertz CT molecular complexity index is 1090. The van der Waals surface area contributed by atoms with Gasteiger partial charge in [-0.3, -0.25) is 4.98 Å². The van der Waals surface area contributed by atoms with Gasteiger partial charge < -0.3 is 15.2 Å². The number of fused-ring (bicyclic) bond motifs is 1. The molecule has 156 valence electrons. The van der Waals surface area contributed by atoms with E-state index in [2.05, 4.69) is 42.3 Å². The lowest BCUT2D eigenvalue weighted by molar-refractivity contribution is 0.0691. The normalized spacial score (nSPS) is 17.6. The van der Waals surface area contributed by atoms with Crippen molar-refractivity contribution in [3.05, 3.63) is 64.6 Å². The van der Waals surface area contributed by atoms with E-state index < -0.39 is 5.97 Å². The Morgan fingerprint density at radius 1 is 1.30 bits per heavy atom. The summed E-state index contributed by atoms with van der Waals surface area (Å²) >= 11 is 0. The summed E-state index contributed by atoms with van der Waals surface area (Å²) in [4.78, 5) is 20.5. The van der Waals surface area contributed by atoms with Crippen LogP contribution in [0.25, 0.3) is 10.9 Å². The molecule has 2 aromatic heterocycles. The first-order valence-corrected chi connectivity index (χ1v) is 10.4. The van der Waals surface area contributed by atoms with E-state index in [1.165, 1.54) is 11.8 Å². The number of aromatic carboxylic acids is 1. The van der Waals surface area contributed by atoms with Crippen molar-refractivity contribution >= 4 is 22.6 Å². The molecule has 0 aliphatic carbocycles. The summed E-state index contributed by atoms with van der Waals surface area (Å²) < 4.78 is 5.71. The van der Waals surface area contributed by atoms with Crippen molar-refractivity contribution in [3.63, 3.8) is 0 Å². The molecule has 6 heteroatoms.